The highest BCUT2D eigenvalue weighted by Gasteiger charge is 2.30. The third-order valence-electron chi connectivity index (χ3n) is 3.55. The first-order chi connectivity index (χ1) is 13.8. The molecule has 0 saturated heterocycles. The van der Waals surface area contributed by atoms with Crippen molar-refractivity contribution in [2.45, 2.75) is 6.36 Å². The summed E-state index contributed by atoms with van der Waals surface area (Å²) in [5, 5.41) is 8.39. The number of thiocarbonyl (C=S) groups is 1. The van der Waals surface area contributed by atoms with Crippen LogP contribution in [0.3, 0.4) is 0 Å². The van der Waals surface area contributed by atoms with Crippen LogP contribution in [0.5, 0.6) is 5.75 Å². The van der Waals surface area contributed by atoms with Crippen molar-refractivity contribution in [2.75, 3.05) is 6.26 Å². The van der Waals surface area contributed by atoms with Gasteiger partial charge in [-0.05, 0) is 36.1 Å². The van der Waals surface area contributed by atoms with Gasteiger partial charge in [-0.3, -0.25) is 5.43 Å². The maximum atomic E-state index is 12.2. The number of aromatic nitrogens is 3. The van der Waals surface area contributed by atoms with Gasteiger partial charge >= 0.3 is 6.36 Å². The fourth-order valence-corrected chi connectivity index (χ4v) is 2.44. The first-order valence-corrected chi connectivity index (χ1v) is 9.73. The van der Waals surface area contributed by atoms with E-state index in [1.165, 1.54) is 47.0 Å². The molecule has 0 bridgehead atoms. The molecule has 0 radical (unpaired) electrons. The molecule has 1 aromatic heterocycles. The molecule has 0 saturated carbocycles. The van der Waals surface area contributed by atoms with Crippen molar-refractivity contribution in [1.29, 1.82) is 0 Å². The number of hydrogen-bond acceptors (Lipinski definition) is 6. The Kier molecular flexibility index (Phi) is 6.49. The van der Waals surface area contributed by atoms with E-state index in [0.717, 1.165) is 11.1 Å². The number of alkyl halides is 3. The molecule has 29 heavy (non-hydrogen) atoms. The molecule has 0 atom stereocenters. The summed E-state index contributed by atoms with van der Waals surface area (Å²) in [6, 6.07) is 12.8. The highest BCUT2D eigenvalue weighted by Crippen LogP contribution is 2.24. The Balaban J connectivity index is 1.69. The second kappa shape index (κ2) is 9.05. The first-order valence-electron chi connectivity index (χ1n) is 8.09. The average Bonchev–Trinajstić information content (AvgIpc) is 3.18. The molecule has 11 heteroatoms. The Morgan fingerprint density at radius 1 is 1.17 bits per heavy atom. The lowest BCUT2D eigenvalue weighted by Gasteiger charge is -2.09. The van der Waals surface area contributed by atoms with Crippen LogP contribution in [-0.4, -0.2) is 37.9 Å². The van der Waals surface area contributed by atoms with Crippen LogP contribution in [0.2, 0.25) is 0 Å². The third kappa shape index (κ3) is 6.03. The zero-order valence-corrected chi connectivity index (χ0v) is 16.6. The van der Waals surface area contributed by atoms with Gasteiger partial charge in [0.05, 0.1) is 11.9 Å². The monoisotopic (exact) mass is 437 g/mol. The molecular weight excluding hydrogens is 423 g/mol. The van der Waals surface area contributed by atoms with Gasteiger partial charge in [-0.15, -0.1) is 18.3 Å². The molecule has 1 heterocycles. The Morgan fingerprint density at radius 2 is 1.86 bits per heavy atom. The molecular formula is C18H14F3N5OS2. The van der Waals surface area contributed by atoms with Crippen LogP contribution in [0.4, 0.5) is 13.2 Å². The van der Waals surface area contributed by atoms with Gasteiger partial charge in [0.1, 0.15) is 12.1 Å². The summed E-state index contributed by atoms with van der Waals surface area (Å²) >= 11 is 6.38. The summed E-state index contributed by atoms with van der Waals surface area (Å²) in [5.41, 5.74) is 4.93. The molecule has 0 aliphatic heterocycles. The largest absolute Gasteiger partial charge is 0.573 e. The molecule has 0 fully saturated rings. The number of ether oxygens (including phenoxy) is 1. The van der Waals surface area contributed by atoms with Gasteiger partial charge < -0.3 is 4.74 Å². The number of rotatable bonds is 5. The second-order valence-corrected chi connectivity index (χ2v) is 7.02. The predicted octanol–water partition coefficient (Wildman–Crippen LogP) is 4.40. The van der Waals surface area contributed by atoms with E-state index < -0.39 is 6.36 Å². The summed E-state index contributed by atoms with van der Waals surface area (Å²) in [6.07, 6.45) is 0.257. The van der Waals surface area contributed by atoms with E-state index in [0.29, 0.717) is 15.8 Å². The summed E-state index contributed by atoms with van der Waals surface area (Å²) in [6.45, 7) is 0. The second-order valence-electron chi connectivity index (χ2n) is 5.54. The zero-order valence-electron chi connectivity index (χ0n) is 14.9. The van der Waals surface area contributed by atoms with Crippen LogP contribution in [0.1, 0.15) is 5.56 Å². The summed E-state index contributed by atoms with van der Waals surface area (Å²) in [4.78, 5) is 4.25. The van der Waals surface area contributed by atoms with Crippen molar-refractivity contribution in [2.24, 2.45) is 5.10 Å². The van der Waals surface area contributed by atoms with Crippen molar-refractivity contribution in [3.8, 4) is 22.8 Å². The summed E-state index contributed by atoms with van der Waals surface area (Å²) in [5.74, 6) is 0.178. The van der Waals surface area contributed by atoms with Crippen molar-refractivity contribution in [3.05, 3.63) is 60.4 Å². The smallest absolute Gasteiger partial charge is 0.406 e. The van der Waals surface area contributed by atoms with E-state index in [1.54, 1.807) is 6.21 Å². The van der Waals surface area contributed by atoms with Gasteiger partial charge in [0.2, 0.25) is 0 Å². The number of halogens is 3. The minimum Gasteiger partial charge on any atom is -0.406 e. The fourth-order valence-electron chi connectivity index (χ4n) is 2.24. The highest BCUT2D eigenvalue weighted by atomic mass is 32.2. The molecule has 3 rings (SSSR count). The standard InChI is InChI=1S/C18H14F3N5OS2/c1-29-17(28)24-23-10-12-2-4-13(5-3-12)16-22-11-26(25-16)14-6-8-15(9-7-14)27-18(19,20)21/h2-11H,1H3,(H,24,28). The van der Waals surface area contributed by atoms with Gasteiger partial charge in [0, 0.05) is 5.56 Å². The minimum absolute atomic E-state index is 0.299. The van der Waals surface area contributed by atoms with Gasteiger partial charge in [0.15, 0.2) is 10.1 Å². The van der Waals surface area contributed by atoms with Crippen molar-refractivity contribution < 1.29 is 17.9 Å². The van der Waals surface area contributed by atoms with Gasteiger partial charge in [-0.2, -0.15) is 5.10 Å². The van der Waals surface area contributed by atoms with E-state index in [9.17, 15) is 13.2 Å². The lowest BCUT2D eigenvalue weighted by Crippen LogP contribution is -2.17. The number of nitrogens with zero attached hydrogens (tertiary/aromatic N) is 4. The van der Waals surface area contributed by atoms with Crippen LogP contribution in [0.15, 0.2) is 60.0 Å². The van der Waals surface area contributed by atoms with E-state index in [2.05, 4.69) is 25.3 Å². The van der Waals surface area contributed by atoms with Gasteiger partial charge in [0.25, 0.3) is 0 Å². The topological polar surface area (TPSA) is 64.3 Å². The highest BCUT2D eigenvalue weighted by molar-refractivity contribution is 8.22. The van der Waals surface area contributed by atoms with E-state index in [-0.39, 0.29) is 5.75 Å². The maximum Gasteiger partial charge on any atom is 0.573 e. The van der Waals surface area contributed by atoms with Crippen LogP contribution < -0.4 is 10.2 Å². The van der Waals surface area contributed by atoms with Gasteiger partial charge in [-0.1, -0.05) is 48.2 Å². The van der Waals surface area contributed by atoms with Crippen molar-refractivity contribution in [1.82, 2.24) is 20.2 Å². The maximum absolute atomic E-state index is 12.2. The normalized spacial score (nSPS) is 11.6. The molecule has 150 valence electrons. The molecule has 0 spiro atoms. The molecule has 0 aliphatic carbocycles. The number of hydrogen-bond donors (Lipinski definition) is 1. The Bertz CT molecular complexity index is 1000. The Labute approximate surface area is 173 Å². The quantitative estimate of drug-likeness (QED) is 0.363. The van der Waals surface area contributed by atoms with Crippen molar-refractivity contribution >= 4 is 34.5 Å². The van der Waals surface area contributed by atoms with Crippen LogP contribution in [0, 0.1) is 0 Å². The number of nitrogens with one attached hydrogen (secondary N) is 1. The van der Waals surface area contributed by atoms with Crippen molar-refractivity contribution in [3.63, 3.8) is 0 Å². The zero-order chi connectivity index (χ0) is 20.9. The lowest BCUT2D eigenvalue weighted by molar-refractivity contribution is -0.274. The lowest BCUT2D eigenvalue weighted by atomic mass is 10.1. The first kappa shape index (κ1) is 20.8. The average molecular weight is 437 g/mol. The molecule has 3 aromatic rings. The number of benzene rings is 2. The van der Waals surface area contributed by atoms with E-state index in [1.807, 2.05) is 30.5 Å². The molecule has 0 unspecified atom stereocenters. The van der Waals surface area contributed by atoms with Gasteiger partial charge in [-0.25, -0.2) is 9.67 Å². The van der Waals surface area contributed by atoms with Crippen LogP contribution in [-0.2, 0) is 0 Å². The molecule has 0 aliphatic rings. The van der Waals surface area contributed by atoms with E-state index in [4.69, 9.17) is 12.2 Å². The predicted molar refractivity (Wildman–Crippen MR) is 110 cm³/mol. The molecule has 1 N–H and O–H groups in total. The summed E-state index contributed by atoms with van der Waals surface area (Å²) in [7, 11) is 0. The third-order valence-corrected chi connectivity index (χ3v) is 4.60. The SMILES string of the molecule is CSC(=S)NN=Cc1ccc(-c2ncn(-c3ccc(OC(F)(F)F)cc3)n2)cc1. The fraction of sp³-hybridized carbons (Fsp3) is 0.111. The van der Waals surface area contributed by atoms with Crippen LogP contribution in [0.25, 0.3) is 17.1 Å². The number of hydrazone groups is 1. The number of thioether (sulfide) groups is 1. The Morgan fingerprint density at radius 3 is 2.48 bits per heavy atom. The molecule has 6 nitrogen and oxygen atoms in total. The molecule has 0 amide bonds. The van der Waals surface area contributed by atoms with E-state index >= 15 is 0 Å². The summed E-state index contributed by atoms with van der Waals surface area (Å²) < 4.78 is 42.6. The van der Waals surface area contributed by atoms with Crippen LogP contribution >= 0.6 is 24.0 Å². The molecule has 2 aromatic carbocycles. The minimum atomic E-state index is -4.73. The Hall–Kier alpha value is -2.92.